The predicted octanol–water partition coefficient (Wildman–Crippen LogP) is 3.43. The van der Waals surface area contributed by atoms with Crippen LogP contribution in [0.25, 0.3) is 0 Å². The Morgan fingerprint density at radius 1 is 0.963 bits per heavy atom. The van der Waals surface area contributed by atoms with Gasteiger partial charge in [-0.2, -0.15) is 0 Å². The maximum absolute atomic E-state index is 12.1. The highest BCUT2D eigenvalue weighted by Crippen LogP contribution is 2.28. The van der Waals surface area contributed by atoms with Gasteiger partial charge < -0.3 is 14.2 Å². The van der Waals surface area contributed by atoms with E-state index in [2.05, 4.69) is 0 Å². The average molecular weight is 373 g/mol. The van der Waals surface area contributed by atoms with E-state index < -0.39 is 23.3 Å². The first-order valence-electron chi connectivity index (χ1n) is 8.30. The van der Waals surface area contributed by atoms with Gasteiger partial charge in [-0.1, -0.05) is 0 Å². The van der Waals surface area contributed by atoms with Gasteiger partial charge in [-0.15, -0.1) is 0 Å². The van der Waals surface area contributed by atoms with Crippen molar-refractivity contribution in [2.75, 3.05) is 19.8 Å². The summed E-state index contributed by atoms with van der Waals surface area (Å²) in [5.41, 5.74) is -0.0160. The van der Waals surface area contributed by atoms with Crippen LogP contribution in [0, 0.1) is 10.1 Å². The van der Waals surface area contributed by atoms with E-state index in [1.165, 1.54) is 12.1 Å². The Bertz CT molecular complexity index is 830. The number of esters is 1. The fraction of sp³-hybridized carbons (Fsp3) is 0.263. The highest BCUT2D eigenvalue weighted by Gasteiger charge is 2.20. The number of rotatable bonds is 9. The van der Waals surface area contributed by atoms with Crippen molar-refractivity contribution in [2.24, 2.45) is 0 Å². The van der Waals surface area contributed by atoms with E-state index in [0.29, 0.717) is 17.9 Å². The molecule has 0 atom stereocenters. The van der Waals surface area contributed by atoms with E-state index in [4.69, 9.17) is 14.2 Å². The highest BCUT2D eigenvalue weighted by molar-refractivity contribution is 5.99. The van der Waals surface area contributed by atoms with Gasteiger partial charge in [0.05, 0.1) is 23.7 Å². The van der Waals surface area contributed by atoms with E-state index in [-0.39, 0.29) is 23.6 Å². The lowest BCUT2D eigenvalue weighted by Crippen LogP contribution is -2.14. The van der Waals surface area contributed by atoms with Crippen LogP contribution in [0.2, 0.25) is 0 Å². The largest absolute Gasteiger partial charge is 0.494 e. The van der Waals surface area contributed by atoms with Crippen LogP contribution in [0.3, 0.4) is 0 Å². The lowest BCUT2D eigenvalue weighted by atomic mass is 10.1. The molecule has 142 valence electrons. The van der Waals surface area contributed by atoms with Gasteiger partial charge in [-0.25, -0.2) is 4.79 Å². The second-order valence-electron chi connectivity index (χ2n) is 5.33. The molecule has 2 aromatic rings. The van der Waals surface area contributed by atoms with Gasteiger partial charge in [0.25, 0.3) is 0 Å². The van der Waals surface area contributed by atoms with Crippen LogP contribution < -0.4 is 9.47 Å². The monoisotopic (exact) mass is 373 g/mol. The zero-order valence-corrected chi connectivity index (χ0v) is 15.0. The number of nitro groups is 1. The normalized spacial score (nSPS) is 10.1. The van der Waals surface area contributed by atoms with E-state index in [1.807, 2.05) is 6.92 Å². The summed E-state index contributed by atoms with van der Waals surface area (Å²) in [6.07, 6.45) is 0. The van der Waals surface area contributed by atoms with Crippen LogP contribution in [0.5, 0.6) is 11.5 Å². The number of Topliss-reactive ketones (excluding diaryl/α,β-unsaturated/α-hetero) is 1. The minimum absolute atomic E-state index is 0.0374. The highest BCUT2D eigenvalue weighted by atomic mass is 16.6. The molecule has 0 fully saturated rings. The molecule has 0 aromatic heterocycles. The Labute approximate surface area is 155 Å². The number of benzene rings is 2. The Kier molecular flexibility index (Phi) is 6.87. The second-order valence-corrected chi connectivity index (χ2v) is 5.33. The summed E-state index contributed by atoms with van der Waals surface area (Å²) in [5, 5.41) is 11.1. The summed E-state index contributed by atoms with van der Waals surface area (Å²) in [5.74, 6) is -0.537. The van der Waals surface area contributed by atoms with Gasteiger partial charge >= 0.3 is 11.7 Å². The van der Waals surface area contributed by atoms with Gasteiger partial charge in [0.1, 0.15) is 5.75 Å². The third kappa shape index (κ3) is 5.27. The lowest BCUT2D eigenvalue weighted by molar-refractivity contribution is -0.385. The number of ketones is 1. The molecule has 0 unspecified atom stereocenters. The molecule has 27 heavy (non-hydrogen) atoms. The fourth-order valence-corrected chi connectivity index (χ4v) is 2.27. The van der Waals surface area contributed by atoms with E-state index >= 15 is 0 Å². The molecule has 8 nitrogen and oxygen atoms in total. The molecule has 2 rings (SSSR count). The van der Waals surface area contributed by atoms with Crippen LogP contribution in [-0.4, -0.2) is 36.5 Å². The van der Waals surface area contributed by atoms with Gasteiger partial charge in [-0.3, -0.25) is 14.9 Å². The molecule has 0 N–H and O–H groups in total. The van der Waals surface area contributed by atoms with Crippen molar-refractivity contribution >= 4 is 17.4 Å². The first-order chi connectivity index (χ1) is 13.0. The van der Waals surface area contributed by atoms with Crippen LogP contribution in [0.4, 0.5) is 5.69 Å². The molecule has 0 bridgehead atoms. The van der Waals surface area contributed by atoms with Gasteiger partial charge in [0, 0.05) is 11.6 Å². The van der Waals surface area contributed by atoms with Crippen LogP contribution in [-0.2, 0) is 4.74 Å². The van der Waals surface area contributed by atoms with Crippen molar-refractivity contribution < 1.29 is 28.7 Å². The summed E-state index contributed by atoms with van der Waals surface area (Å²) in [4.78, 5) is 34.7. The predicted molar refractivity (Wildman–Crippen MR) is 96.5 cm³/mol. The van der Waals surface area contributed by atoms with Gasteiger partial charge in [0.2, 0.25) is 0 Å². The van der Waals surface area contributed by atoms with Gasteiger partial charge in [0.15, 0.2) is 18.1 Å². The molecule has 0 spiro atoms. The van der Waals surface area contributed by atoms with E-state index in [0.717, 1.165) is 6.07 Å². The summed E-state index contributed by atoms with van der Waals surface area (Å²) < 4.78 is 15.4. The van der Waals surface area contributed by atoms with Crippen LogP contribution in [0.1, 0.15) is 34.6 Å². The van der Waals surface area contributed by atoms with E-state index in [9.17, 15) is 19.7 Å². The van der Waals surface area contributed by atoms with Crippen molar-refractivity contribution in [2.45, 2.75) is 13.8 Å². The molecule has 0 aliphatic rings. The Morgan fingerprint density at radius 3 is 2.19 bits per heavy atom. The Balaban J connectivity index is 2.03. The summed E-state index contributed by atoms with van der Waals surface area (Å²) in [6, 6.07) is 10.2. The Hall–Kier alpha value is -3.42. The van der Waals surface area contributed by atoms with Crippen molar-refractivity contribution in [3.63, 3.8) is 0 Å². The molecule has 8 heteroatoms. The molecular formula is C19H19NO7. The first kappa shape index (κ1) is 19.9. The average Bonchev–Trinajstić information content (AvgIpc) is 2.67. The zero-order chi connectivity index (χ0) is 19.8. The van der Waals surface area contributed by atoms with Crippen molar-refractivity contribution in [1.82, 2.24) is 0 Å². The fourth-order valence-electron chi connectivity index (χ4n) is 2.27. The zero-order valence-electron chi connectivity index (χ0n) is 15.0. The number of nitro benzene ring substituents is 1. The van der Waals surface area contributed by atoms with Crippen LogP contribution in [0.15, 0.2) is 42.5 Å². The second kappa shape index (κ2) is 9.33. The molecule has 0 aliphatic carbocycles. The Morgan fingerprint density at radius 2 is 1.59 bits per heavy atom. The standard InChI is InChI=1S/C19H19NO7/c1-3-25-15-8-5-13(6-9-15)17(21)12-27-19(22)14-7-10-18(26-4-2)16(11-14)20(23)24/h5-11H,3-4,12H2,1-2H3. The molecular weight excluding hydrogens is 354 g/mol. The summed E-state index contributed by atoms with van der Waals surface area (Å²) in [6.45, 7) is 3.83. The lowest BCUT2D eigenvalue weighted by Gasteiger charge is -2.08. The molecule has 0 saturated heterocycles. The third-order valence-corrected chi connectivity index (χ3v) is 3.51. The number of hydrogen-bond donors (Lipinski definition) is 0. The number of carbonyl (C=O) groups is 2. The van der Waals surface area contributed by atoms with Crippen molar-refractivity contribution in [3.05, 3.63) is 63.7 Å². The smallest absolute Gasteiger partial charge is 0.338 e. The van der Waals surface area contributed by atoms with Gasteiger partial charge in [-0.05, 0) is 50.2 Å². The number of hydrogen-bond acceptors (Lipinski definition) is 7. The SMILES string of the molecule is CCOc1ccc(C(=O)COC(=O)c2ccc(OCC)c([N+](=O)[O-])c2)cc1. The number of carbonyl (C=O) groups excluding carboxylic acids is 2. The van der Waals surface area contributed by atoms with Crippen LogP contribution >= 0.6 is 0 Å². The molecule has 0 aliphatic heterocycles. The molecule has 0 amide bonds. The van der Waals surface area contributed by atoms with Crippen molar-refractivity contribution in [3.8, 4) is 11.5 Å². The minimum Gasteiger partial charge on any atom is -0.494 e. The maximum Gasteiger partial charge on any atom is 0.338 e. The molecule has 0 saturated carbocycles. The number of ether oxygens (including phenoxy) is 3. The minimum atomic E-state index is -0.833. The first-order valence-corrected chi connectivity index (χ1v) is 8.30. The van der Waals surface area contributed by atoms with Crippen molar-refractivity contribution in [1.29, 1.82) is 0 Å². The summed E-state index contributed by atoms with van der Waals surface area (Å²) >= 11 is 0. The van der Waals surface area contributed by atoms with E-state index in [1.54, 1.807) is 31.2 Å². The third-order valence-electron chi connectivity index (χ3n) is 3.51. The quantitative estimate of drug-likeness (QED) is 0.287. The topological polar surface area (TPSA) is 105 Å². The molecule has 0 heterocycles. The number of nitrogens with zero attached hydrogens (tertiary/aromatic N) is 1. The summed E-state index contributed by atoms with van der Waals surface area (Å²) in [7, 11) is 0. The molecule has 2 aromatic carbocycles. The molecule has 0 radical (unpaired) electrons. The maximum atomic E-state index is 12.1.